The van der Waals surface area contributed by atoms with Gasteiger partial charge < -0.3 is 0 Å². The fourth-order valence-corrected chi connectivity index (χ4v) is 3.03. The fraction of sp³-hybridized carbons (Fsp3) is 0.400. The molecule has 1 N–H and O–H groups in total. The molecule has 0 fully saturated rings. The Morgan fingerprint density at radius 1 is 1.62 bits per heavy atom. The number of thiophene rings is 1. The van der Waals surface area contributed by atoms with Gasteiger partial charge in [0, 0.05) is 17.5 Å². The van der Waals surface area contributed by atoms with Crippen molar-refractivity contribution in [1.82, 2.24) is 14.8 Å². The Balaban J connectivity index is 2.45. The van der Waals surface area contributed by atoms with E-state index in [0.29, 0.717) is 10.7 Å². The van der Waals surface area contributed by atoms with Gasteiger partial charge in [0.25, 0.3) is 0 Å². The second-order valence-corrected chi connectivity index (χ2v) is 7.19. The van der Waals surface area contributed by atoms with Crippen molar-refractivity contribution in [3.8, 4) is 11.4 Å². The van der Waals surface area contributed by atoms with Crippen molar-refractivity contribution in [3.05, 3.63) is 19.1 Å². The van der Waals surface area contributed by atoms with Crippen molar-refractivity contribution in [1.29, 1.82) is 0 Å². The second kappa shape index (κ2) is 4.97. The van der Waals surface area contributed by atoms with Crippen LogP contribution in [0.1, 0.15) is 13.8 Å². The van der Waals surface area contributed by atoms with E-state index in [4.69, 9.17) is 12.2 Å². The van der Waals surface area contributed by atoms with Gasteiger partial charge in [-0.05, 0) is 46.8 Å². The molecule has 2 aromatic heterocycles. The fourth-order valence-electron chi connectivity index (χ4n) is 1.50. The smallest absolute Gasteiger partial charge is 0.195 e. The minimum atomic E-state index is 0.556. The third-order valence-corrected chi connectivity index (χ3v) is 4.23. The lowest BCUT2D eigenvalue weighted by Gasteiger charge is -2.07. The van der Waals surface area contributed by atoms with E-state index < -0.39 is 0 Å². The van der Waals surface area contributed by atoms with Crippen LogP contribution in [0, 0.1) is 13.6 Å². The zero-order valence-electron chi connectivity index (χ0n) is 9.03. The molecule has 86 valence electrons. The summed E-state index contributed by atoms with van der Waals surface area (Å²) in [5.41, 5.74) is 1.14. The average molecular weight is 365 g/mol. The maximum absolute atomic E-state index is 5.24. The van der Waals surface area contributed by atoms with Crippen LogP contribution in [0.5, 0.6) is 0 Å². The first kappa shape index (κ1) is 12.3. The second-order valence-electron chi connectivity index (χ2n) is 4.00. The maximum atomic E-state index is 5.24. The largest absolute Gasteiger partial charge is 0.300 e. The monoisotopic (exact) mass is 365 g/mol. The van der Waals surface area contributed by atoms with Gasteiger partial charge in [0.1, 0.15) is 0 Å². The summed E-state index contributed by atoms with van der Waals surface area (Å²) >= 11 is 9.28. The number of nitrogens with zero attached hydrogens (tertiary/aromatic N) is 2. The number of nitrogens with one attached hydrogen (secondary N) is 1. The number of aromatic nitrogens is 3. The molecule has 0 aliphatic carbocycles. The Hall–Kier alpha value is -0.210. The van der Waals surface area contributed by atoms with Gasteiger partial charge in [0.05, 0.1) is 2.88 Å². The van der Waals surface area contributed by atoms with E-state index in [1.807, 2.05) is 0 Å². The summed E-state index contributed by atoms with van der Waals surface area (Å²) in [6.07, 6.45) is 0. The number of hydrogen-bond donors (Lipinski definition) is 1. The van der Waals surface area contributed by atoms with Crippen molar-refractivity contribution in [3.63, 3.8) is 0 Å². The minimum Gasteiger partial charge on any atom is -0.300 e. The highest BCUT2D eigenvalue weighted by Gasteiger charge is 2.11. The molecule has 0 saturated heterocycles. The van der Waals surface area contributed by atoms with Crippen LogP contribution in [0.3, 0.4) is 0 Å². The van der Waals surface area contributed by atoms with E-state index in [1.54, 1.807) is 11.3 Å². The molecule has 6 heteroatoms. The molecule has 0 aliphatic heterocycles. The topological polar surface area (TPSA) is 33.6 Å². The van der Waals surface area contributed by atoms with Crippen LogP contribution in [-0.2, 0) is 6.54 Å². The molecule has 3 nitrogen and oxygen atoms in total. The molecule has 2 rings (SSSR count). The van der Waals surface area contributed by atoms with Gasteiger partial charge in [-0.1, -0.05) is 13.8 Å². The van der Waals surface area contributed by atoms with Crippen LogP contribution in [0.2, 0.25) is 0 Å². The molecule has 0 atom stereocenters. The SMILES string of the molecule is CC(C)Cn1c(-c2csc(I)c2)n[nH]c1=S. The molecule has 0 aromatic carbocycles. The third-order valence-electron chi connectivity index (χ3n) is 2.13. The first-order valence-corrected chi connectivity index (χ1v) is 7.34. The molecule has 0 spiro atoms. The number of H-pyrrole nitrogens is 1. The molecule has 0 radical (unpaired) electrons. The molecule has 2 heterocycles. The molecule has 0 unspecified atom stereocenters. The Morgan fingerprint density at radius 3 is 2.94 bits per heavy atom. The van der Waals surface area contributed by atoms with Crippen LogP contribution in [0.25, 0.3) is 11.4 Å². The van der Waals surface area contributed by atoms with E-state index in [1.165, 1.54) is 2.88 Å². The van der Waals surface area contributed by atoms with Crippen LogP contribution in [-0.4, -0.2) is 14.8 Å². The van der Waals surface area contributed by atoms with Crippen LogP contribution < -0.4 is 0 Å². The number of aromatic amines is 1. The molecular weight excluding hydrogens is 353 g/mol. The summed E-state index contributed by atoms with van der Waals surface area (Å²) in [4.78, 5) is 0. The Kier molecular flexibility index (Phi) is 3.81. The lowest BCUT2D eigenvalue weighted by molar-refractivity contribution is 0.521. The van der Waals surface area contributed by atoms with E-state index in [9.17, 15) is 0 Å². The molecule has 0 amide bonds. The summed E-state index contributed by atoms with van der Waals surface area (Å²) in [5.74, 6) is 1.50. The summed E-state index contributed by atoms with van der Waals surface area (Å²) in [6.45, 7) is 5.25. The summed E-state index contributed by atoms with van der Waals surface area (Å²) < 4.78 is 4.03. The highest BCUT2D eigenvalue weighted by Crippen LogP contribution is 2.25. The molecule has 0 aliphatic rings. The van der Waals surface area contributed by atoms with Gasteiger partial charge in [-0.25, -0.2) is 0 Å². The molecule has 0 saturated carbocycles. The van der Waals surface area contributed by atoms with Gasteiger partial charge in [0.2, 0.25) is 0 Å². The Morgan fingerprint density at radius 2 is 2.38 bits per heavy atom. The van der Waals surface area contributed by atoms with Gasteiger partial charge >= 0.3 is 0 Å². The number of hydrogen-bond acceptors (Lipinski definition) is 3. The molecule has 2 aromatic rings. The lowest BCUT2D eigenvalue weighted by atomic mass is 10.2. The van der Waals surface area contributed by atoms with Gasteiger partial charge in [-0.2, -0.15) is 5.10 Å². The summed E-state index contributed by atoms with van der Waals surface area (Å²) in [7, 11) is 0. The standard InChI is InChI=1S/C10H12IN3S2/c1-6(2)4-14-9(12-13-10(14)15)7-3-8(11)16-5-7/h3,5-6H,4H2,1-2H3,(H,13,15). The zero-order chi connectivity index (χ0) is 11.7. The highest BCUT2D eigenvalue weighted by atomic mass is 127. The minimum absolute atomic E-state index is 0.556. The van der Waals surface area contributed by atoms with Crippen molar-refractivity contribution < 1.29 is 0 Å². The third kappa shape index (κ3) is 2.54. The van der Waals surface area contributed by atoms with Gasteiger partial charge in [0.15, 0.2) is 10.6 Å². The van der Waals surface area contributed by atoms with Crippen molar-refractivity contribution in [2.24, 2.45) is 5.92 Å². The molecule has 16 heavy (non-hydrogen) atoms. The van der Waals surface area contributed by atoms with Crippen LogP contribution in [0.4, 0.5) is 0 Å². The lowest BCUT2D eigenvalue weighted by Crippen LogP contribution is -2.06. The Bertz CT molecular complexity index is 538. The van der Waals surface area contributed by atoms with Crippen molar-refractivity contribution in [2.45, 2.75) is 20.4 Å². The molecular formula is C10H12IN3S2. The van der Waals surface area contributed by atoms with E-state index in [-0.39, 0.29) is 0 Å². The van der Waals surface area contributed by atoms with E-state index >= 15 is 0 Å². The molecule has 0 bridgehead atoms. The predicted octanol–water partition coefficient (Wildman–Crippen LogP) is 3.93. The quantitative estimate of drug-likeness (QED) is 0.661. The van der Waals surface area contributed by atoms with Gasteiger partial charge in [-0.3, -0.25) is 9.67 Å². The highest BCUT2D eigenvalue weighted by molar-refractivity contribution is 14.1. The number of rotatable bonds is 3. The first-order chi connectivity index (χ1) is 7.58. The van der Waals surface area contributed by atoms with Crippen molar-refractivity contribution >= 4 is 46.1 Å². The van der Waals surface area contributed by atoms with Crippen molar-refractivity contribution in [2.75, 3.05) is 0 Å². The predicted molar refractivity (Wildman–Crippen MR) is 78.3 cm³/mol. The maximum Gasteiger partial charge on any atom is 0.195 e. The zero-order valence-corrected chi connectivity index (χ0v) is 12.8. The first-order valence-electron chi connectivity index (χ1n) is 4.97. The van der Waals surface area contributed by atoms with Gasteiger partial charge in [-0.15, -0.1) is 11.3 Å². The summed E-state index contributed by atoms with van der Waals surface area (Å²) in [5, 5.41) is 9.28. The summed E-state index contributed by atoms with van der Waals surface area (Å²) in [6, 6.07) is 2.13. The van der Waals surface area contributed by atoms with Crippen LogP contribution in [0.15, 0.2) is 11.4 Å². The Labute approximate surface area is 117 Å². The normalized spacial score (nSPS) is 11.2. The van der Waals surface area contributed by atoms with E-state index in [0.717, 1.165) is 17.9 Å². The van der Waals surface area contributed by atoms with Crippen LogP contribution >= 0.6 is 46.1 Å². The van der Waals surface area contributed by atoms with E-state index in [2.05, 4.69) is 62.6 Å². The number of halogens is 1. The average Bonchev–Trinajstić information content (AvgIpc) is 2.75.